The zero-order valence-corrected chi connectivity index (χ0v) is 10.8. The van der Waals surface area contributed by atoms with Crippen molar-refractivity contribution in [2.75, 3.05) is 19.0 Å². The lowest BCUT2D eigenvalue weighted by molar-refractivity contribution is -0.388. The van der Waals surface area contributed by atoms with E-state index in [0.717, 1.165) is 0 Å². The summed E-state index contributed by atoms with van der Waals surface area (Å²) in [6, 6.07) is 0. The molecule has 1 N–H and O–H groups in total. The maximum atomic E-state index is 10.9. The van der Waals surface area contributed by atoms with Crippen LogP contribution in [-0.4, -0.2) is 33.7 Å². The second-order valence-corrected chi connectivity index (χ2v) is 4.59. The number of aromatic nitrogens is 2. The van der Waals surface area contributed by atoms with Gasteiger partial charge in [-0.3, -0.25) is 4.57 Å². The van der Waals surface area contributed by atoms with Gasteiger partial charge >= 0.3 is 5.82 Å². The zero-order valence-electron chi connectivity index (χ0n) is 10.8. The first kappa shape index (κ1) is 13.4. The van der Waals surface area contributed by atoms with Gasteiger partial charge in [-0.05, 0) is 23.8 Å². The molecule has 1 rings (SSSR count). The van der Waals surface area contributed by atoms with Gasteiger partial charge in [-0.15, -0.1) is 0 Å². The third-order valence-electron chi connectivity index (χ3n) is 2.44. The molecular weight excluding hydrogens is 224 g/mol. The molecule has 0 amide bonds. The van der Waals surface area contributed by atoms with Crippen LogP contribution in [0, 0.1) is 17.0 Å². The fourth-order valence-electron chi connectivity index (χ4n) is 1.58. The maximum absolute atomic E-state index is 10.9. The van der Waals surface area contributed by atoms with Crippen LogP contribution in [0.5, 0.6) is 0 Å². The first-order chi connectivity index (χ1) is 7.78. The molecule has 96 valence electrons. The Morgan fingerprint density at radius 2 is 2.18 bits per heavy atom. The summed E-state index contributed by atoms with van der Waals surface area (Å²) >= 11 is 0. The van der Waals surface area contributed by atoms with Crippen LogP contribution in [0.15, 0.2) is 0 Å². The number of nitro groups is 1. The van der Waals surface area contributed by atoms with E-state index in [1.807, 2.05) is 13.8 Å². The minimum atomic E-state index is -0.488. The van der Waals surface area contributed by atoms with Gasteiger partial charge < -0.3 is 20.2 Å². The molecule has 0 unspecified atom stereocenters. The summed E-state index contributed by atoms with van der Waals surface area (Å²) in [5.41, 5.74) is -0.403. The van der Waals surface area contributed by atoms with Crippen LogP contribution >= 0.6 is 0 Å². The summed E-state index contributed by atoms with van der Waals surface area (Å²) in [4.78, 5) is 14.3. The van der Waals surface area contributed by atoms with Crippen molar-refractivity contribution in [1.29, 1.82) is 0 Å². The van der Waals surface area contributed by atoms with Gasteiger partial charge in [0.05, 0.1) is 12.1 Å². The topological polar surface area (TPSA) is 82.2 Å². The highest BCUT2D eigenvalue weighted by atomic mass is 16.6. The van der Waals surface area contributed by atoms with Gasteiger partial charge in [-0.1, -0.05) is 0 Å². The van der Waals surface area contributed by atoms with Crippen molar-refractivity contribution < 1.29 is 9.66 Å². The Hall–Kier alpha value is -1.63. The average molecular weight is 242 g/mol. The molecule has 1 aromatic rings. The molecule has 7 heteroatoms. The fraction of sp³-hybridized carbons (Fsp3) is 0.700. The molecule has 7 nitrogen and oxygen atoms in total. The van der Waals surface area contributed by atoms with Gasteiger partial charge in [0, 0.05) is 21.1 Å². The van der Waals surface area contributed by atoms with Crippen molar-refractivity contribution in [3.63, 3.8) is 0 Å². The van der Waals surface area contributed by atoms with Crippen LogP contribution in [0.25, 0.3) is 0 Å². The van der Waals surface area contributed by atoms with Crippen LogP contribution in [0.4, 0.5) is 11.6 Å². The van der Waals surface area contributed by atoms with Crippen molar-refractivity contribution >= 4 is 11.6 Å². The van der Waals surface area contributed by atoms with Gasteiger partial charge in [0.15, 0.2) is 0 Å². The third-order valence-corrected chi connectivity index (χ3v) is 2.44. The first-order valence-electron chi connectivity index (χ1n) is 5.23. The monoisotopic (exact) mass is 242 g/mol. The third kappa shape index (κ3) is 2.94. The smallest absolute Gasteiger partial charge is 0.382 e. The fourth-order valence-corrected chi connectivity index (χ4v) is 1.58. The Kier molecular flexibility index (Phi) is 3.72. The summed E-state index contributed by atoms with van der Waals surface area (Å²) in [6.07, 6.45) is 0. The molecule has 0 aliphatic rings. The number of anilines is 1. The molecule has 0 saturated heterocycles. The second-order valence-electron chi connectivity index (χ2n) is 4.59. The van der Waals surface area contributed by atoms with Crippen LogP contribution < -0.4 is 5.32 Å². The van der Waals surface area contributed by atoms with Gasteiger partial charge in [0.1, 0.15) is 0 Å². The standard InChI is InChI=1S/C10H18N4O3/c1-7-11-8(14(15)16)9(13(7)4)12-10(2,3)6-17-5/h12H,6H2,1-5H3. The number of ether oxygens (including phenoxy) is 1. The van der Waals surface area contributed by atoms with Gasteiger partial charge in [0.2, 0.25) is 11.6 Å². The van der Waals surface area contributed by atoms with Gasteiger partial charge in [-0.25, -0.2) is 0 Å². The SMILES string of the molecule is COCC(C)(C)Nc1c([N+](=O)[O-])nc(C)n1C. The van der Waals surface area contributed by atoms with E-state index in [1.165, 1.54) is 0 Å². The molecule has 0 aliphatic carbocycles. The van der Waals surface area contributed by atoms with Crippen molar-refractivity contribution in [2.24, 2.45) is 7.05 Å². The highest BCUT2D eigenvalue weighted by Crippen LogP contribution is 2.26. The number of aryl methyl sites for hydroxylation is 1. The van der Waals surface area contributed by atoms with Crippen LogP contribution in [0.1, 0.15) is 19.7 Å². The molecule has 0 fully saturated rings. The van der Waals surface area contributed by atoms with E-state index in [0.29, 0.717) is 18.2 Å². The molecule has 0 bridgehead atoms. The predicted octanol–water partition coefficient (Wildman–Crippen LogP) is 1.47. The maximum Gasteiger partial charge on any atom is 0.406 e. The number of hydrogen-bond donors (Lipinski definition) is 1. The molecule has 0 aromatic carbocycles. The Bertz CT molecular complexity index is 425. The van der Waals surface area contributed by atoms with E-state index in [1.54, 1.807) is 25.6 Å². The van der Waals surface area contributed by atoms with E-state index < -0.39 is 10.5 Å². The molecule has 1 aromatic heterocycles. The normalized spacial score (nSPS) is 11.6. The number of hydrogen-bond acceptors (Lipinski definition) is 5. The largest absolute Gasteiger partial charge is 0.406 e. The van der Waals surface area contributed by atoms with Crippen molar-refractivity contribution in [3.05, 3.63) is 15.9 Å². The summed E-state index contributed by atoms with van der Waals surface area (Å²) in [7, 11) is 3.33. The molecule has 0 spiro atoms. The molecule has 0 radical (unpaired) electrons. The number of nitrogens with one attached hydrogen (secondary N) is 1. The zero-order chi connectivity index (χ0) is 13.2. The van der Waals surface area contributed by atoms with Crippen LogP contribution in [-0.2, 0) is 11.8 Å². The average Bonchev–Trinajstić information content (AvgIpc) is 2.45. The lowest BCUT2D eigenvalue weighted by Gasteiger charge is -2.25. The lowest BCUT2D eigenvalue weighted by Crippen LogP contribution is -2.36. The second kappa shape index (κ2) is 4.70. The Balaban J connectivity index is 3.09. The number of imidazole rings is 1. The first-order valence-corrected chi connectivity index (χ1v) is 5.23. The van der Waals surface area contributed by atoms with Crippen LogP contribution in [0.3, 0.4) is 0 Å². The molecule has 0 aliphatic heterocycles. The molecule has 17 heavy (non-hydrogen) atoms. The molecule has 0 atom stereocenters. The van der Waals surface area contributed by atoms with Crippen molar-refractivity contribution in [1.82, 2.24) is 9.55 Å². The molecule has 1 heterocycles. The quantitative estimate of drug-likeness (QED) is 0.624. The van der Waals surface area contributed by atoms with E-state index >= 15 is 0 Å². The summed E-state index contributed by atoms with van der Waals surface area (Å²) in [5, 5.41) is 14.0. The van der Waals surface area contributed by atoms with E-state index in [9.17, 15) is 10.1 Å². The molecule has 0 saturated carbocycles. The van der Waals surface area contributed by atoms with E-state index in [4.69, 9.17) is 4.74 Å². The summed E-state index contributed by atoms with van der Waals surface area (Å²) in [6.45, 7) is 5.97. The highest BCUT2D eigenvalue weighted by Gasteiger charge is 2.28. The lowest BCUT2D eigenvalue weighted by atomic mass is 10.1. The Labute approximate surface area is 99.9 Å². The Morgan fingerprint density at radius 1 is 1.59 bits per heavy atom. The number of methoxy groups -OCH3 is 1. The molecular formula is C10H18N4O3. The summed E-state index contributed by atoms with van der Waals surface area (Å²) < 4.78 is 6.73. The Morgan fingerprint density at radius 3 is 2.65 bits per heavy atom. The van der Waals surface area contributed by atoms with Crippen molar-refractivity contribution in [2.45, 2.75) is 26.3 Å². The van der Waals surface area contributed by atoms with Gasteiger partial charge in [-0.2, -0.15) is 0 Å². The predicted molar refractivity (Wildman–Crippen MR) is 64.2 cm³/mol. The minimum Gasteiger partial charge on any atom is -0.382 e. The van der Waals surface area contributed by atoms with Crippen molar-refractivity contribution in [3.8, 4) is 0 Å². The highest BCUT2D eigenvalue weighted by molar-refractivity contribution is 5.54. The van der Waals surface area contributed by atoms with Gasteiger partial charge in [0.25, 0.3) is 0 Å². The van der Waals surface area contributed by atoms with E-state index in [-0.39, 0.29) is 5.82 Å². The summed E-state index contributed by atoms with van der Waals surface area (Å²) in [5.74, 6) is 0.830. The number of rotatable bonds is 5. The minimum absolute atomic E-state index is 0.158. The number of nitrogens with zero attached hydrogens (tertiary/aromatic N) is 3. The van der Waals surface area contributed by atoms with E-state index in [2.05, 4.69) is 10.3 Å². The van der Waals surface area contributed by atoms with Crippen LogP contribution in [0.2, 0.25) is 0 Å².